The first-order valence-electron chi connectivity index (χ1n) is 9.04. The molecule has 2 aromatic rings. The highest BCUT2D eigenvalue weighted by Gasteiger charge is 2.26. The number of nitrogens with one attached hydrogen (secondary N) is 1. The number of hydrogen-bond acceptors (Lipinski definition) is 5. The number of benzene rings is 1. The quantitative estimate of drug-likeness (QED) is 0.854. The van der Waals surface area contributed by atoms with Crippen molar-refractivity contribution in [1.82, 2.24) is 15.1 Å². The Labute approximate surface area is 158 Å². The molecule has 1 amide bonds. The van der Waals surface area contributed by atoms with Gasteiger partial charge in [0, 0.05) is 22.5 Å². The molecule has 1 saturated heterocycles. The number of carbonyl (C=O) groups excluding carboxylic acids is 1. The lowest BCUT2D eigenvalue weighted by molar-refractivity contribution is -0.117. The molecule has 0 radical (unpaired) electrons. The van der Waals surface area contributed by atoms with Crippen molar-refractivity contribution in [1.29, 1.82) is 0 Å². The topological polar surface area (TPSA) is 71.3 Å². The number of aryl methyl sites for hydroxylation is 1. The average molecular weight is 377 g/mol. The summed E-state index contributed by atoms with van der Waals surface area (Å²) in [7, 11) is 0. The van der Waals surface area contributed by atoms with Crippen molar-refractivity contribution >= 4 is 23.2 Å². The van der Waals surface area contributed by atoms with Crippen LogP contribution >= 0.6 is 11.6 Å². The van der Waals surface area contributed by atoms with Gasteiger partial charge in [-0.05, 0) is 50.6 Å². The molecule has 1 fully saturated rings. The number of aromatic nitrogens is 2. The van der Waals surface area contributed by atoms with Crippen LogP contribution < -0.4 is 5.32 Å². The number of carbonyl (C=O) groups is 1. The fourth-order valence-electron chi connectivity index (χ4n) is 3.06. The Hall–Kier alpha value is -1.92. The lowest BCUT2D eigenvalue weighted by atomic mass is 9.97. The number of rotatable bonds is 5. The van der Waals surface area contributed by atoms with Crippen molar-refractivity contribution in [3.63, 3.8) is 0 Å². The normalized spacial score (nSPS) is 16.2. The van der Waals surface area contributed by atoms with Crippen LogP contribution in [0.2, 0.25) is 5.02 Å². The number of amides is 1. The van der Waals surface area contributed by atoms with Gasteiger partial charge < -0.3 is 9.73 Å². The zero-order valence-corrected chi connectivity index (χ0v) is 16.2. The van der Waals surface area contributed by atoms with Gasteiger partial charge in [0.2, 0.25) is 17.7 Å². The summed E-state index contributed by atoms with van der Waals surface area (Å²) in [6.45, 7) is 8.07. The van der Waals surface area contributed by atoms with E-state index in [4.69, 9.17) is 16.0 Å². The first-order chi connectivity index (χ1) is 12.4. The monoisotopic (exact) mass is 376 g/mol. The Morgan fingerprint density at radius 3 is 2.69 bits per heavy atom. The molecule has 1 aliphatic heterocycles. The van der Waals surface area contributed by atoms with Crippen LogP contribution in [0.1, 0.15) is 55.9 Å². The van der Waals surface area contributed by atoms with Crippen molar-refractivity contribution in [2.24, 2.45) is 0 Å². The number of hydrogen-bond donors (Lipinski definition) is 1. The van der Waals surface area contributed by atoms with Crippen LogP contribution in [0.3, 0.4) is 0 Å². The van der Waals surface area contributed by atoms with Crippen LogP contribution in [0.25, 0.3) is 0 Å². The highest BCUT2D eigenvalue weighted by atomic mass is 35.5. The molecule has 1 aromatic heterocycles. The molecular formula is C19H25ClN4O2. The lowest BCUT2D eigenvalue weighted by Crippen LogP contribution is -2.38. The molecule has 0 saturated carbocycles. The number of likely N-dealkylation sites (tertiary alicyclic amines) is 1. The van der Waals surface area contributed by atoms with E-state index in [9.17, 15) is 4.79 Å². The third kappa shape index (κ3) is 4.62. The summed E-state index contributed by atoms with van der Waals surface area (Å²) in [6, 6.07) is 5.55. The summed E-state index contributed by atoms with van der Waals surface area (Å²) in [5.41, 5.74) is 1.72. The number of nitrogens with zero attached hydrogens (tertiary/aromatic N) is 3. The number of piperidine rings is 1. The minimum Gasteiger partial charge on any atom is -0.425 e. The van der Waals surface area contributed by atoms with Gasteiger partial charge in [-0.25, -0.2) is 0 Å². The van der Waals surface area contributed by atoms with E-state index in [-0.39, 0.29) is 17.7 Å². The van der Waals surface area contributed by atoms with Crippen LogP contribution in [0.4, 0.5) is 5.69 Å². The second-order valence-electron chi connectivity index (χ2n) is 7.20. The van der Waals surface area contributed by atoms with Crippen LogP contribution in [0, 0.1) is 6.92 Å². The fraction of sp³-hybridized carbons (Fsp3) is 0.526. The Morgan fingerprint density at radius 1 is 1.35 bits per heavy atom. The summed E-state index contributed by atoms with van der Waals surface area (Å²) < 4.78 is 5.77. The van der Waals surface area contributed by atoms with Crippen molar-refractivity contribution in [2.75, 3.05) is 25.0 Å². The van der Waals surface area contributed by atoms with Gasteiger partial charge in [-0.3, -0.25) is 9.69 Å². The van der Waals surface area contributed by atoms with Crippen LogP contribution in [-0.4, -0.2) is 40.6 Å². The molecule has 0 unspecified atom stereocenters. The molecule has 0 bridgehead atoms. The molecule has 6 nitrogen and oxygen atoms in total. The molecule has 3 rings (SSSR count). The van der Waals surface area contributed by atoms with Gasteiger partial charge in [-0.1, -0.05) is 31.5 Å². The van der Waals surface area contributed by atoms with Gasteiger partial charge in [0.25, 0.3) is 0 Å². The second-order valence-corrected chi connectivity index (χ2v) is 7.60. The molecule has 0 spiro atoms. The maximum absolute atomic E-state index is 12.3. The summed E-state index contributed by atoms with van der Waals surface area (Å²) in [5, 5.41) is 11.9. The van der Waals surface area contributed by atoms with Crippen molar-refractivity contribution in [3.8, 4) is 0 Å². The smallest absolute Gasteiger partial charge is 0.238 e. The van der Waals surface area contributed by atoms with E-state index in [2.05, 4.69) is 20.4 Å². The van der Waals surface area contributed by atoms with Gasteiger partial charge >= 0.3 is 0 Å². The molecule has 26 heavy (non-hydrogen) atoms. The van der Waals surface area contributed by atoms with E-state index in [0.717, 1.165) is 43.1 Å². The van der Waals surface area contributed by atoms with E-state index in [0.29, 0.717) is 17.5 Å². The van der Waals surface area contributed by atoms with Gasteiger partial charge in [0.05, 0.1) is 6.54 Å². The van der Waals surface area contributed by atoms with E-state index >= 15 is 0 Å². The summed E-state index contributed by atoms with van der Waals surface area (Å²) in [5.74, 6) is 1.93. The lowest BCUT2D eigenvalue weighted by Gasteiger charge is -2.29. The molecule has 7 heteroatoms. The summed E-state index contributed by atoms with van der Waals surface area (Å²) in [6.07, 6.45) is 1.84. The van der Waals surface area contributed by atoms with E-state index in [1.54, 1.807) is 6.07 Å². The third-order valence-corrected chi connectivity index (χ3v) is 5.12. The van der Waals surface area contributed by atoms with Crippen molar-refractivity contribution in [3.05, 3.63) is 40.6 Å². The zero-order chi connectivity index (χ0) is 18.7. The van der Waals surface area contributed by atoms with Gasteiger partial charge in [0.1, 0.15) is 0 Å². The van der Waals surface area contributed by atoms with Crippen molar-refractivity contribution in [2.45, 2.75) is 45.4 Å². The van der Waals surface area contributed by atoms with E-state index < -0.39 is 0 Å². The molecule has 1 aromatic carbocycles. The van der Waals surface area contributed by atoms with Gasteiger partial charge in [-0.2, -0.15) is 0 Å². The maximum Gasteiger partial charge on any atom is 0.238 e. The van der Waals surface area contributed by atoms with Crippen LogP contribution in [0.5, 0.6) is 0 Å². The SMILES string of the molecule is Cc1ccc(NC(=O)CN2CCC(c3nnc(C(C)C)o3)CC2)cc1Cl. The molecule has 0 atom stereocenters. The van der Waals surface area contributed by atoms with Gasteiger partial charge in [-0.15, -0.1) is 10.2 Å². The van der Waals surface area contributed by atoms with E-state index in [1.165, 1.54) is 0 Å². The maximum atomic E-state index is 12.3. The first-order valence-corrected chi connectivity index (χ1v) is 9.42. The number of anilines is 1. The fourth-order valence-corrected chi connectivity index (χ4v) is 3.24. The van der Waals surface area contributed by atoms with Gasteiger partial charge in [0.15, 0.2) is 0 Å². The predicted octanol–water partition coefficient (Wildman–Crippen LogP) is 3.97. The Morgan fingerprint density at radius 2 is 2.08 bits per heavy atom. The molecule has 2 heterocycles. The Kier molecular flexibility index (Phi) is 5.94. The average Bonchev–Trinajstić information content (AvgIpc) is 3.09. The second kappa shape index (κ2) is 8.18. The summed E-state index contributed by atoms with van der Waals surface area (Å²) in [4.78, 5) is 14.4. The number of halogens is 1. The molecule has 1 aliphatic rings. The van der Waals surface area contributed by atoms with E-state index in [1.807, 2.05) is 32.9 Å². The Bertz CT molecular complexity index is 767. The minimum atomic E-state index is -0.0248. The standard InChI is InChI=1S/C19H25ClN4O2/c1-12(2)18-22-23-19(26-18)14-6-8-24(9-7-14)11-17(25)21-15-5-4-13(3)16(20)10-15/h4-5,10,12,14H,6-9,11H2,1-3H3,(H,21,25). The largest absolute Gasteiger partial charge is 0.425 e. The summed E-state index contributed by atoms with van der Waals surface area (Å²) >= 11 is 6.10. The van der Waals surface area contributed by atoms with Crippen LogP contribution in [-0.2, 0) is 4.79 Å². The minimum absolute atomic E-state index is 0.0248. The molecular weight excluding hydrogens is 352 g/mol. The third-order valence-electron chi connectivity index (χ3n) is 4.71. The predicted molar refractivity (Wildman–Crippen MR) is 102 cm³/mol. The van der Waals surface area contributed by atoms with Crippen LogP contribution in [0.15, 0.2) is 22.6 Å². The molecule has 140 valence electrons. The Balaban J connectivity index is 1.48. The first kappa shape index (κ1) is 18.9. The highest BCUT2D eigenvalue weighted by molar-refractivity contribution is 6.31. The zero-order valence-electron chi connectivity index (χ0n) is 15.5. The molecule has 0 aliphatic carbocycles. The van der Waals surface area contributed by atoms with Crippen molar-refractivity contribution < 1.29 is 9.21 Å². The molecule has 1 N–H and O–H groups in total. The highest BCUT2D eigenvalue weighted by Crippen LogP contribution is 2.28.